The quantitative estimate of drug-likeness (QED) is 0.405. The number of hydrogen-bond donors (Lipinski definition) is 2. The largest absolute Gasteiger partial charge is 0.371 e. The lowest BCUT2D eigenvalue weighted by molar-refractivity contribution is 0.402. The molecule has 2 N–H and O–H groups in total. The normalized spacial score (nSPS) is 14.5. The number of hydrogen-bond acceptors (Lipinski definition) is 6. The number of nitrogens with zero attached hydrogens (tertiary/aromatic N) is 6. The Morgan fingerprint density at radius 3 is 2.62 bits per heavy atom. The highest BCUT2D eigenvalue weighted by molar-refractivity contribution is 5.98. The molecule has 0 radical (unpaired) electrons. The summed E-state index contributed by atoms with van der Waals surface area (Å²) in [7, 11) is 4.12. The van der Waals surface area contributed by atoms with Crippen LogP contribution in [0.4, 0.5) is 5.69 Å². The highest BCUT2D eigenvalue weighted by Crippen LogP contribution is 2.34. The first-order chi connectivity index (χ1) is 16.7. The van der Waals surface area contributed by atoms with E-state index in [4.69, 9.17) is 0 Å². The molecule has 1 aliphatic rings. The minimum absolute atomic E-state index is 0.763. The highest BCUT2D eigenvalue weighted by atomic mass is 15.2. The molecule has 1 saturated heterocycles. The molecule has 172 valence electrons. The van der Waals surface area contributed by atoms with Crippen molar-refractivity contribution in [3.63, 3.8) is 0 Å². The summed E-state index contributed by atoms with van der Waals surface area (Å²) in [5, 5.41) is 9.82. The molecule has 1 fully saturated rings. The van der Waals surface area contributed by atoms with Gasteiger partial charge in [-0.2, -0.15) is 5.10 Å². The Kier molecular flexibility index (Phi) is 5.22. The smallest absolute Gasteiger partial charge is 0.155 e. The Hall–Kier alpha value is -3.78. The summed E-state index contributed by atoms with van der Waals surface area (Å²) in [6.07, 6.45) is 11.4. The first kappa shape index (κ1) is 20.8. The van der Waals surface area contributed by atoms with Crippen LogP contribution in [0.2, 0.25) is 0 Å². The average Bonchev–Trinajstić information content (AvgIpc) is 3.48. The van der Waals surface area contributed by atoms with Gasteiger partial charge in [0.2, 0.25) is 0 Å². The van der Waals surface area contributed by atoms with Gasteiger partial charge >= 0.3 is 0 Å². The summed E-state index contributed by atoms with van der Waals surface area (Å²) in [4.78, 5) is 21.8. The molecule has 0 unspecified atom stereocenters. The summed E-state index contributed by atoms with van der Waals surface area (Å²) in [5.74, 6) is 0. The van der Waals surface area contributed by atoms with E-state index >= 15 is 0 Å². The summed E-state index contributed by atoms with van der Waals surface area (Å²) in [5.41, 5.74) is 7.92. The van der Waals surface area contributed by atoms with Crippen molar-refractivity contribution in [3.8, 4) is 22.5 Å². The van der Waals surface area contributed by atoms with Crippen LogP contribution < -0.4 is 4.90 Å². The number of anilines is 1. The lowest BCUT2D eigenvalue weighted by Crippen LogP contribution is -2.29. The fraction of sp³-hybridized carbons (Fsp3) is 0.308. The second-order valence-corrected chi connectivity index (χ2v) is 9.34. The van der Waals surface area contributed by atoms with E-state index in [1.165, 1.54) is 30.5 Å². The van der Waals surface area contributed by atoms with E-state index < -0.39 is 0 Å². The van der Waals surface area contributed by atoms with Gasteiger partial charge in [-0.25, -0.2) is 9.97 Å². The van der Waals surface area contributed by atoms with Crippen LogP contribution in [-0.2, 0) is 6.54 Å². The van der Waals surface area contributed by atoms with E-state index in [2.05, 4.69) is 78.3 Å². The molecule has 8 nitrogen and oxygen atoms in total. The summed E-state index contributed by atoms with van der Waals surface area (Å²) >= 11 is 0. The number of piperidine rings is 1. The summed E-state index contributed by atoms with van der Waals surface area (Å²) in [6, 6.07) is 8.62. The van der Waals surface area contributed by atoms with Gasteiger partial charge < -0.3 is 14.8 Å². The maximum atomic E-state index is 4.65. The molecular formula is C26H28N8. The van der Waals surface area contributed by atoms with Crippen LogP contribution in [0.15, 0.2) is 49.1 Å². The lowest BCUT2D eigenvalue weighted by Gasteiger charge is -2.29. The molecule has 0 aliphatic carbocycles. The van der Waals surface area contributed by atoms with Gasteiger partial charge in [-0.3, -0.25) is 10.1 Å². The second kappa shape index (κ2) is 8.53. The maximum absolute atomic E-state index is 4.65. The van der Waals surface area contributed by atoms with E-state index in [0.29, 0.717) is 0 Å². The van der Waals surface area contributed by atoms with E-state index in [-0.39, 0.29) is 0 Å². The van der Waals surface area contributed by atoms with Crippen LogP contribution in [-0.4, -0.2) is 62.2 Å². The Balaban J connectivity index is 1.41. The van der Waals surface area contributed by atoms with Gasteiger partial charge in [-0.15, -0.1) is 0 Å². The third kappa shape index (κ3) is 3.80. The topological polar surface area (TPSA) is 89.6 Å². The molecule has 5 aromatic rings. The average molecular weight is 453 g/mol. The van der Waals surface area contributed by atoms with Gasteiger partial charge in [0.05, 0.1) is 5.69 Å². The minimum atomic E-state index is 0.763. The molecule has 0 atom stereocenters. The van der Waals surface area contributed by atoms with E-state index in [0.717, 1.165) is 64.2 Å². The molecule has 6 heterocycles. The monoisotopic (exact) mass is 452 g/mol. The molecule has 1 aliphatic heterocycles. The molecule has 0 aromatic carbocycles. The van der Waals surface area contributed by atoms with Crippen LogP contribution in [0.5, 0.6) is 0 Å². The summed E-state index contributed by atoms with van der Waals surface area (Å²) in [6.45, 7) is 3.03. The van der Waals surface area contributed by atoms with Gasteiger partial charge in [0.1, 0.15) is 11.3 Å². The number of pyridine rings is 3. The van der Waals surface area contributed by atoms with Crippen LogP contribution >= 0.6 is 0 Å². The molecule has 34 heavy (non-hydrogen) atoms. The van der Waals surface area contributed by atoms with Crippen molar-refractivity contribution in [1.82, 2.24) is 35.0 Å². The Morgan fingerprint density at radius 1 is 0.912 bits per heavy atom. The van der Waals surface area contributed by atoms with Crippen LogP contribution in [0.1, 0.15) is 24.8 Å². The van der Waals surface area contributed by atoms with Crippen LogP contribution in [0.25, 0.3) is 44.6 Å². The predicted octanol–water partition coefficient (Wildman–Crippen LogP) is 4.62. The highest BCUT2D eigenvalue weighted by Gasteiger charge is 2.18. The van der Waals surface area contributed by atoms with Gasteiger partial charge in [0.15, 0.2) is 5.65 Å². The Morgan fingerprint density at radius 2 is 1.76 bits per heavy atom. The Labute approximate surface area is 198 Å². The van der Waals surface area contributed by atoms with E-state index in [1.807, 2.05) is 24.8 Å². The Bertz CT molecular complexity index is 1460. The van der Waals surface area contributed by atoms with Crippen molar-refractivity contribution >= 4 is 27.8 Å². The van der Waals surface area contributed by atoms with E-state index in [1.54, 1.807) is 0 Å². The van der Waals surface area contributed by atoms with Crippen molar-refractivity contribution < 1.29 is 0 Å². The van der Waals surface area contributed by atoms with Crippen molar-refractivity contribution in [3.05, 3.63) is 54.6 Å². The minimum Gasteiger partial charge on any atom is -0.371 e. The van der Waals surface area contributed by atoms with E-state index in [9.17, 15) is 0 Å². The van der Waals surface area contributed by atoms with Gasteiger partial charge in [0, 0.05) is 72.0 Å². The first-order valence-corrected chi connectivity index (χ1v) is 11.8. The zero-order chi connectivity index (χ0) is 23.1. The van der Waals surface area contributed by atoms with Crippen molar-refractivity contribution in [2.24, 2.45) is 0 Å². The molecule has 8 heteroatoms. The van der Waals surface area contributed by atoms with Crippen LogP contribution in [0, 0.1) is 0 Å². The molecule has 0 bridgehead atoms. The molecule has 0 spiro atoms. The fourth-order valence-corrected chi connectivity index (χ4v) is 4.91. The number of rotatable bonds is 5. The summed E-state index contributed by atoms with van der Waals surface area (Å²) < 4.78 is 0. The van der Waals surface area contributed by atoms with Gasteiger partial charge in [-0.1, -0.05) is 0 Å². The fourth-order valence-electron chi connectivity index (χ4n) is 4.91. The number of aromatic amines is 2. The number of H-pyrrole nitrogens is 2. The molecule has 0 saturated carbocycles. The third-order valence-corrected chi connectivity index (χ3v) is 6.50. The SMILES string of the molecule is CN(C)Cc1cncc(-c2cnc3[nH]nc(-c4cc5c(N6CCCCC6)ccnc5[nH]4)c3c2)c1. The van der Waals surface area contributed by atoms with Crippen molar-refractivity contribution in [1.29, 1.82) is 0 Å². The number of nitrogens with one attached hydrogen (secondary N) is 2. The van der Waals surface area contributed by atoms with Crippen molar-refractivity contribution in [2.75, 3.05) is 32.1 Å². The molecule has 5 aromatic heterocycles. The molecule has 6 rings (SSSR count). The second-order valence-electron chi connectivity index (χ2n) is 9.34. The first-order valence-electron chi connectivity index (χ1n) is 11.8. The number of fused-ring (bicyclic) bond motifs is 2. The molecule has 0 amide bonds. The van der Waals surface area contributed by atoms with Crippen molar-refractivity contribution in [2.45, 2.75) is 25.8 Å². The predicted molar refractivity (Wildman–Crippen MR) is 136 cm³/mol. The zero-order valence-electron chi connectivity index (χ0n) is 19.5. The number of aromatic nitrogens is 6. The zero-order valence-corrected chi connectivity index (χ0v) is 19.5. The lowest BCUT2D eigenvalue weighted by atomic mass is 10.1. The van der Waals surface area contributed by atoms with Gasteiger partial charge in [-0.05, 0) is 63.2 Å². The maximum Gasteiger partial charge on any atom is 0.155 e. The standard InChI is InChI=1S/C26H28N8/c1-33(2)16-17-10-18(14-27-13-17)19-11-21-24(31-32-26(21)29-15-19)22-12-20-23(6-7-28-25(20)30-22)34-8-4-3-5-9-34/h6-7,10-15H,3-5,8-9,16H2,1-2H3,(H,28,30)(H,29,31,32). The molecular weight excluding hydrogens is 424 g/mol. The van der Waals surface area contributed by atoms with Crippen LogP contribution in [0.3, 0.4) is 0 Å². The van der Waals surface area contributed by atoms with Gasteiger partial charge in [0.25, 0.3) is 0 Å². The third-order valence-electron chi connectivity index (χ3n) is 6.50.